The third-order valence-corrected chi connectivity index (χ3v) is 14.8. The summed E-state index contributed by atoms with van der Waals surface area (Å²) in [5, 5.41) is 195. The first kappa shape index (κ1) is 71.1. The van der Waals surface area contributed by atoms with Gasteiger partial charge < -0.3 is 163 Å². The van der Waals surface area contributed by atoms with Crippen LogP contribution >= 0.6 is 7.82 Å². The number of rotatable bonds is 28. The van der Waals surface area contributed by atoms with Crippen molar-refractivity contribution in [3.8, 4) is 0 Å². The molecular weight excluding hydrogens is 1180 g/mol. The molecule has 490 valence electrons. The number of Topliss-reactive ketones (excluding diaryl/α,β-unsaturated/α-hetero) is 1. The van der Waals surface area contributed by atoms with Crippen LogP contribution in [0.5, 0.6) is 0 Å². The summed E-state index contributed by atoms with van der Waals surface area (Å²) in [6.07, 6.45) is -60.3. The first-order valence-electron chi connectivity index (χ1n) is 26.1. The number of ketones is 1. The van der Waals surface area contributed by atoms with Crippen molar-refractivity contribution in [2.45, 2.75) is 197 Å². The van der Waals surface area contributed by atoms with Gasteiger partial charge in [-0.1, -0.05) is 0 Å². The minimum absolute atomic E-state index is 0.116. The van der Waals surface area contributed by atoms with E-state index in [-0.39, 0.29) is 26.0 Å². The van der Waals surface area contributed by atoms with E-state index in [0.29, 0.717) is 0 Å². The fraction of sp³-hybridized carbons (Fsp3) is 0.955. The highest BCUT2D eigenvalue weighted by atomic mass is 31.2. The molecule has 6 heterocycles. The van der Waals surface area contributed by atoms with Gasteiger partial charge in [-0.15, -0.1) is 0 Å². The van der Waals surface area contributed by atoms with E-state index >= 15 is 0 Å². The third kappa shape index (κ3) is 17.7. The molecule has 12 unspecified atom stereocenters. The van der Waals surface area contributed by atoms with Crippen LogP contribution in [0.2, 0.25) is 0 Å². The van der Waals surface area contributed by atoms with Gasteiger partial charge in [0.1, 0.15) is 160 Å². The summed E-state index contributed by atoms with van der Waals surface area (Å²) in [4.78, 5) is 46.7. The predicted octanol–water partition coefficient (Wildman–Crippen LogP) is -13.3. The number of hydrogen-bond acceptors (Lipinski definition) is 36. The maximum Gasteiger partial charge on any atom is 0.469 e. The number of aliphatic hydroxyl groups excluding tert-OH is 17. The molecule has 0 aromatic carbocycles. The maximum absolute atomic E-state index is 12.5. The number of ether oxygens (including phenoxy) is 13. The first-order chi connectivity index (χ1) is 39.7. The van der Waals surface area contributed by atoms with Crippen molar-refractivity contribution >= 4 is 19.5 Å². The Hall–Kier alpha value is -2.03. The van der Waals surface area contributed by atoms with E-state index in [1.807, 2.05) is 0 Å². The van der Waals surface area contributed by atoms with Gasteiger partial charge in [-0.2, -0.15) is 0 Å². The Bertz CT molecular complexity index is 2060. The van der Waals surface area contributed by atoms with Crippen molar-refractivity contribution < 1.29 is 187 Å². The highest BCUT2D eigenvalue weighted by Crippen LogP contribution is 2.39. The van der Waals surface area contributed by atoms with E-state index in [2.05, 4.69) is 14.7 Å². The van der Waals surface area contributed by atoms with Gasteiger partial charge in [0, 0.05) is 13.5 Å². The van der Waals surface area contributed by atoms with E-state index in [4.69, 9.17) is 66.8 Å². The van der Waals surface area contributed by atoms with Crippen molar-refractivity contribution in [1.29, 1.82) is 0 Å². The summed E-state index contributed by atoms with van der Waals surface area (Å²) in [6, 6.07) is 0. The predicted molar refractivity (Wildman–Crippen MR) is 254 cm³/mol. The van der Waals surface area contributed by atoms with Crippen LogP contribution in [-0.4, -0.2) is 364 Å². The third-order valence-electron chi connectivity index (χ3n) is 14.3. The molecule has 40 heteroatoms. The summed E-state index contributed by atoms with van der Waals surface area (Å²) in [7, 11) is -3.95. The smallest absolute Gasteiger partial charge is 0.394 e. The molecule has 0 saturated carbocycles. The normalized spacial score (nSPS) is 45.1. The Balaban J connectivity index is 1.20. The number of carbonyl (C=O) groups is 2. The van der Waals surface area contributed by atoms with Gasteiger partial charge in [-0.05, 0) is 6.42 Å². The fourth-order valence-electron chi connectivity index (χ4n) is 9.53. The molecule has 0 spiro atoms. The van der Waals surface area contributed by atoms with Gasteiger partial charge in [0.15, 0.2) is 43.5 Å². The molecule has 6 rings (SSSR count). The minimum atomic E-state index is -5.23. The molecule has 0 radical (unpaired) electrons. The molecule has 6 aliphatic rings. The summed E-state index contributed by atoms with van der Waals surface area (Å²) in [6.45, 7) is -6.77. The molecule has 30 atom stereocenters. The van der Waals surface area contributed by atoms with Gasteiger partial charge in [-0.3, -0.25) is 19.4 Å². The van der Waals surface area contributed by atoms with E-state index in [0.717, 1.165) is 0 Å². The second-order valence-electron chi connectivity index (χ2n) is 20.3. The van der Waals surface area contributed by atoms with Gasteiger partial charge in [0.2, 0.25) is 5.91 Å². The van der Waals surface area contributed by atoms with Crippen LogP contribution in [0.15, 0.2) is 0 Å². The highest BCUT2D eigenvalue weighted by molar-refractivity contribution is 7.46. The lowest BCUT2D eigenvalue weighted by atomic mass is 9.96. The second-order valence-corrected chi connectivity index (χ2v) is 21.5. The zero-order chi connectivity index (χ0) is 62.1. The minimum Gasteiger partial charge on any atom is -0.394 e. The monoisotopic (exact) mass is 1260 g/mol. The summed E-state index contributed by atoms with van der Waals surface area (Å²) in [5.74, 6) is -1.06. The van der Waals surface area contributed by atoms with Crippen LogP contribution in [0.3, 0.4) is 0 Å². The first-order valence-corrected chi connectivity index (χ1v) is 27.6. The number of nitrogens with one attached hydrogen (secondary N) is 1. The Labute approximate surface area is 474 Å². The van der Waals surface area contributed by atoms with E-state index in [1.54, 1.807) is 0 Å². The molecule has 0 aromatic heterocycles. The zero-order valence-electron chi connectivity index (χ0n) is 44.3. The molecule has 21 N–H and O–H groups in total. The van der Waals surface area contributed by atoms with Gasteiger partial charge in [0.05, 0.1) is 46.2 Å². The van der Waals surface area contributed by atoms with Crippen molar-refractivity contribution in [1.82, 2.24) is 5.32 Å². The number of hydrogen-bond donors (Lipinski definition) is 21. The second kappa shape index (κ2) is 32.1. The number of aliphatic hydroxyl groups is 17. The van der Waals surface area contributed by atoms with E-state index in [9.17, 15) is 111 Å². The van der Waals surface area contributed by atoms with Crippen molar-refractivity contribution in [3.63, 3.8) is 0 Å². The molecule has 0 bridgehead atoms. The standard InChI is InChI=1S/C44H76NO38P/c1-69-8-13(48)5-45-20(49)3-2-4-70-40-35(64)36(81-44-38(31(60)22(51)15(7-47)76-44)83-42-34(63)29(58)25(54)19(80-42)12-74-84(66,67)68)26(55)17(78-40)10-71-39-32(61)27(56)23(52)16(77-39)9-72-43-37(30(59)21(50)14(6-46)75-43)82-41-33(62)28(57)24(53)18(79-41)11-73-65/h14-19,21-44,46-47,50-65H,2-12H2,1H3,(H,45,49)(H2,66,67,68)/t14?,15?,16?,17?,18?,19?,21-,22-,23-,24-,25-,26-,27+,28+,29+,30+,31+,32?,33?,34?,35?,36+,37?,38?,39+,40-,41+,42-,43+,44-/m1/s1. The van der Waals surface area contributed by atoms with Crippen LogP contribution in [0.1, 0.15) is 12.8 Å². The zero-order valence-corrected chi connectivity index (χ0v) is 45.2. The van der Waals surface area contributed by atoms with Crippen LogP contribution in [0.4, 0.5) is 0 Å². The van der Waals surface area contributed by atoms with Crippen molar-refractivity contribution in [2.24, 2.45) is 0 Å². The lowest BCUT2D eigenvalue weighted by molar-refractivity contribution is -0.391. The van der Waals surface area contributed by atoms with Crippen LogP contribution in [0.25, 0.3) is 0 Å². The largest absolute Gasteiger partial charge is 0.469 e. The van der Waals surface area contributed by atoms with Gasteiger partial charge >= 0.3 is 7.82 Å². The molecule has 0 aliphatic carbocycles. The lowest BCUT2D eigenvalue weighted by Crippen LogP contribution is -2.67. The fourth-order valence-corrected chi connectivity index (χ4v) is 9.87. The number of phosphoric ester groups is 1. The van der Waals surface area contributed by atoms with Gasteiger partial charge in [0.25, 0.3) is 0 Å². The maximum atomic E-state index is 12.5. The Morgan fingerprint density at radius 1 is 0.452 bits per heavy atom. The Morgan fingerprint density at radius 3 is 1.36 bits per heavy atom. The quantitative estimate of drug-likeness (QED) is 0.0150. The molecule has 1 amide bonds. The molecule has 6 fully saturated rings. The summed E-state index contributed by atoms with van der Waals surface area (Å²) in [5.41, 5.74) is 0. The molecule has 84 heavy (non-hydrogen) atoms. The summed E-state index contributed by atoms with van der Waals surface area (Å²) < 4.78 is 88.7. The number of carbonyl (C=O) groups excluding carboxylic acids is 2. The number of phosphoric acid groups is 1. The topological polar surface area (TPSA) is 606 Å². The molecular formula is C44H76NO38P. The van der Waals surface area contributed by atoms with Crippen LogP contribution in [0, 0.1) is 0 Å². The van der Waals surface area contributed by atoms with Crippen molar-refractivity contribution in [3.05, 3.63) is 0 Å². The Kier molecular flexibility index (Phi) is 27.2. The Morgan fingerprint density at radius 2 is 0.857 bits per heavy atom. The highest BCUT2D eigenvalue weighted by Gasteiger charge is 2.56. The molecule has 39 nitrogen and oxygen atoms in total. The van der Waals surface area contributed by atoms with Crippen molar-refractivity contribution in [2.75, 3.05) is 66.5 Å². The molecule has 6 saturated heterocycles. The SMILES string of the molecule is COCC(=O)CNC(=O)CCCO[C@@H]1OC(CO[C@H]2OC(CO[C@H]3OC(CO)[C@@H](O)[C@H](O)C3O[C@@H]3OC(COO)[C@@H](O)[C@H](O)C3O)[C@@H](O)[C@H](O)C2O)[C@@H](O)[C@H](O[C@H]2OC(CO)[C@@H](O)[C@H](O)C2O[C@H]2OC(COP(=O)(O)O)[C@@H](O)[C@H](O)C2O)C1O. The van der Waals surface area contributed by atoms with Crippen LogP contribution < -0.4 is 5.32 Å². The van der Waals surface area contributed by atoms with Gasteiger partial charge in [-0.25, -0.2) is 9.45 Å². The molecule has 6 aliphatic heterocycles. The number of methoxy groups -OCH3 is 1. The van der Waals surface area contributed by atoms with Crippen LogP contribution in [-0.2, 0) is 85.1 Å². The summed E-state index contributed by atoms with van der Waals surface area (Å²) >= 11 is 0. The van der Waals surface area contributed by atoms with E-state index < -0.39 is 250 Å². The molecule has 0 aromatic rings. The average Bonchev–Trinajstić information content (AvgIpc) is 1.64. The lowest BCUT2D eigenvalue weighted by Gasteiger charge is -2.48. The average molecular weight is 1260 g/mol. The number of amides is 1. The van der Waals surface area contributed by atoms with E-state index in [1.165, 1.54) is 7.11 Å².